The zero-order valence-corrected chi connectivity index (χ0v) is 9.94. The Labute approximate surface area is 96.0 Å². The molecule has 0 aromatic heterocycles. The molecule has 0 aromatic carbocycles. The molecule has 6 nitrogen and oxygen atoms in total. The summed E-state index contributed by atoms with van der Waals surface area (Å²) in [6.07, 6.45) is -0.0226. The summed E-state index contributed by atoms with van der Waals surface area (Å²) < 4.78 is 19.8. The smallest absolute Gasteiger partial charge is 0.336 e. The molecule has 0 fully saturated rings. The molecule has 96 valence electrons. The van der Waals surface area contributed by atoms with E-state index in [0.29, 0.717) is 32.8 Å². The Kier molecular flexibility index (Phi) is 10.3. The molecule has 0 rings (SSSR count). The third-order valence-corrected chi connectivity index (χ3v) is 1.87. The fraction of sp³-hybridized carbons (Fsp3) is 0.900. The van der Waals surface area contributed by atoms with Crippen molar-refractivity contribution in [3.8, 4) is 0 Å². The van der Waals surface area contributed by atoms with Gasteiger partial charge >= 0.3 is 5.97 Å². The number of methoxy groups -OCH3 is 2. The third-order valence-electron chi connectivity index (χ3n) is 1.87. The zero-order chi connectivity index (χ0) is 12.2. The maximum atomic E-state index is 11.3. The topological polar surface area (TPSA) is 80.0 Å². The molecule has 1 unspecified atom stereocenters. The Morgan fingerprint density at radius 3 is 2.50 bits per heavy atom. The summed E-state index contributed by atoms with van der Waals surface area (Å²) >= 11 is 0. The van der Waals surface area contributed by atoms with E-state index >= 15 is 0 Å². The van der Waals surface area contributed by atoms with Crippen LogP contribution in [0.4, 0.5) is 0 Å². The predicted octanol–water partition coefficient (Wildman–Crippen LogP) is -0.444. The van der Waals surface area contributed by atoms with Crippen molar-refractivity contribution in [1.29, 1.82) is 0 Å². The number of carbonyl (C=O) groups excluding carboxylic acids is 1. The van der Waals surface area contributed by atoms with Crippen molar-refractivity contribution in [2.45, 2.75) is 12.5 Å². The standard InChI is InChI=1S/C10H21NO5/c1-13-6-7-15-4-3-5-16-10(12)9(8-11)14-2/h9H,3-8,11H2,1-2H3. The maximum absolute atomic E-state index is 11.3. The second kappa shape index (κ2) is 10.8. The average molecular weight is 235 g/mol. The molecule has 0 aliphatic heterocycles. The minimum atomic E-state index is -0.672. The van der Waals surface area contributed by atoms with Gasteiger partial charge in [0.05, 0.1) is 19.8 Å². The number of ether oxygens (including phenoxy) is 4. The van der Waals surface area contributed by atoms with Gasteiger partial charge in [-0.05, 0) is 0 Å². The van der Waals surface area contributed by atoms with Gasteiger partial charge in [0, 0.05) is 33.8 Å². The number of hydrogen-bond acceptors (Lipinski definition) is 6. The average Bonchev–Trinajstić information content (AvgIpc) is 2.29. The van der Waals surface area contributed by atoms with Gasteiger partial charge in [-0.2, -0.15) is 0 Å². The van der Waals surface area contributed by atoms with Crippen molar-refractivity contribution < 1.29 is 23.7 Å². The molecule has 2 N–H and O–H groups in total. The van der Waals surface area contributed by atoms with Crippen LogP contribution in [0, 0.1) is 0 Å². The van der Waals surface area contributed by atoms with Crippen LogP contribution >= 0.6 is 0 Å². The summed E-state index contributed by atoms with van der Waals surface area (Å²) in [5.41, 5.74) is 5.31. The van der Waals surface area contributed by atoms with Crippen molar-refractivity contribution in [1.82, 2.24) is 0 Å². The van der Waals surface area contributed by atoms with E-state index in [2.05, 4.69) is 0 Å². The van der Waals surface area contributed by atoms with Crippen molar-refractivity contribution in [3.63, 3.8) is 0 Å². The van der Waals surface area contributed by atoms with E-state index in [1.165, 1.54) is 7.11 Å². The molecule has 0 heterocycles. The summed E-state index contributed by atoms with van der Waals surface area (Å²) in [4.78, 5) is 11.3. The van der Waals surface area contributed by atoms with Crippen LogP contribution in [0.5, 0.6) is 0 Å². The fourth-order valence-corrected chi connectivity index (χ4v) is 0.960. The summed E-state index contributed by atoms with van der Waals surface area (Å²) in [6.45, 7) is 2.09. The Morgan fingerprint density at radius 1 is 1.19 bits per heavy atom. The Hall–Kier alpha value is -0.690. The molecule has 0 aromatic rings. The van der Waals surface area contributed by atoms with Crippen LogP contribution in [0.2, 0.25) is 0 Å². The molecule has 0 spiro atoms. The largest absolute Gasteiger partial charge is 0.464 e. The second-order valence-corrected chi connectivity index (χ2v) is 3.09. The molecule has 0 radical (unpaired) electrons. The lowest BCUT2D eigenvalue weighted by molar-refractivity contribution is -0.155. The van der Waals surface area contributed by atoms with Gasteiger partial charge in [-0.1, -0.05) is 0 Å². The number of carbonyl (C=O) groups is 1. The van der Waals surface area contributed by atoms with Gasteiger partial charge in [0.1, 0.15) is 0 Å². The molecule has 0 aliphatic carbocycles. The molecular weight excluding hydrogens is 214 g/mol. The highest BCUT2D eigenvalue weighted by molar-refractivity contribution is 5.74. The van der Waals surface area contributed by atoms with E-state index in [1.807, 2.05) is 0 Å². The zero-order valence-electron chi connectivity index (χ0n) is 9.94. The highest BCUT2D eigenvalue weighted by Crippen LogP contribution is 1.93. The van der Waals surface area contributed by atoms with E-state index in [4.69, 9.17) is 24.7 Å². The fourth-order valence-electron chi connectivity index (χ4n) is 0.960. The number of rotatable bonds is 10. The van der Waals surface area contributed by atoms with Crippen LogP contribution in [-0.4, -0.2) is 59.3 Å². The van der Waals surface area contributed by atoms with Crippen LogP contribution in [0.1, 0.15) is 6.42 Å². The van der Waals surface area contributed by atoms with Crippen LogP contribution in [0.25, 0.3) is 0 Å². The number of nitrogens with two attached hydrogens (primary N) is 1. The highest BCUT2D eigenvalue weighted by Gasteiger charge is 2.16. The van der Waals surface area contributed by atoms with Crippen LogP contribution in [0.15, 0.2) is 0 Å². The van der Waals surface area contributed by atoms with E-state index in [-0.39, 0.29) is 6.54 Å². The van der Waals surface area contributed by atoms with Crippen molar-refractivity contribution >= 4 is 5.97 Å². The van der Waals surface area contributed by atoms with E-state index < -0.39 is 12.1 Å². The molecule has 16 heavy (non-hydrogen) atoms. The van der Waals surface area contributed by atoms with Gasteiger partial charge < -0.3 is 24.7 Å². The molecule has 0 saturated carbocycles. The van der Waals surface area contributed by atoms with E-state index in [9.17, 15) is 4.79 Å². The van der Waals surface area contributed by atoms with Gasteiger partial charge in [-0.3, -0.25) is 0 Å². The van der Waals surface area contributed by atoms with Gasteiger partial charge in [-0.15, -0.1) is 0 Å². The molecule has 0 aliphatic rings. The maximum Gasteiger partial charge on any atom is 0.336 e. The quantitative estimate of drug-likeness (QED) is 0.408. The van der Waals surface area contributed by atoms with Crippen LogP contribution in [-0.2, 0) is 23.7 Å². The van der Waals surface area contributed by atoms with Gasteiger partial charge in [0.15, 0.2) is 6.10 Å². The van der Waals surface area contributed by atoms with E-state index in [1.54, 1.807) is 7.11 Å². The predicted molar refractivity (Wildman–Crippen MR) is 58.1 cm³/mol. The SMILES string of the molecule is COCCOCCCOC(=O)C(CN)OC. The third kappa shape index (κ3) is 7.58. The van der Waals surface area contributed by atoms with Crippen molar-refractivity contribution in [3.05, 3.63) is 0 Å². The lowest BCUT2D eigenvalue weighted by Crippen LogP contribution is -2.33. The van der Waals surface area contributed by atoms with Crippen LogP contribution < -0.4 is 5.73 Å². The Bertz CT molecular complexity index is 173. The molecular formula is C10H21NO5. The summed E-state index contributed by atoms with van der Waals surface area (Å²) in [5, 5.41) is 0. The Morgan fingerprint density at radius 2 is 1.94 bits per heavy atom. The first kappa shape index (κ1) is 15.3. The van der Waals surface area contributed by atoms with Crippen molar-refractivity contribution in [2.75, 3.05) is 47.2 Å². The van der Waals surface area contributed by atoms with Gasteiger partial charge in [0.25, 0.3) is 0 Å². The van der Waals surface area contributed by atoms with Crippen molar-refractivity contribution in [2.24, 2.45) is 5.73 Å². The minimum Gasteiger partial charge on any atom is -0.464 e. The number of hydrogen-bond donors (Lipinski definition) is 1. The molecule has 0 saturated heterocycles. The van der Waals surface area contributed by atoms with E-state index in [0.717, 1.165) is 0 Å². The number of esters is 1. The minimum absolute atomic E-state index is 0.125. The summed E-state index contributed by atoms with van der Waals surface area (Å²) in [6, 6.07) is 0. The second-order valence-electron chi connectivity index (χ2n) is 3.09. The first-order valence-electron chi connectivity index (χ1n) is 5.22. The lowest BCUT2D eigenvalue weighted by Gasteiger charge is -2.12. The molecule has 1 atom stereocenters. The molecule has 6 heteroatoms. The first-order chi connectivity index (χ1) is 7.76. The van der Waals surface area contributed by atoms with Gasteiger partial charge in [0.2, 0.25) is 0 Å². The van der Waals surface area contributed by atoms with Crippen LogP contribution in [0.3, 0.4) is 0 Å². The highest BCUT2D eigenvalue weighted by atomic mass is 16.6. The van der Waals surface area contributed by atoms with Gasteiger partial charge in [-0.25, -0.2) is 4.79 Å². The monoisotopic (exact) mass is 235 g/mol. The lowest BCUT2D eigenvalue weighted by atomic mass is 10.3. The molecule has 0 bridgehead atoms. The first-order valence-corrected chi connectivity index (χ1v) is 5.22. The Balaban J connectivity index is 3.33. The molecule has 0 amide bonds. The summed E-state index contributed by atoms with van der Waals surface area (Å²) in [7, 11) is 3.04. The normalized spacial score (nSPS) is 12.4. The summed E-state index contributed by atoms with van der Waals surface area (Å²) in [5.74, 6) is -0.429.